The molecule has 3 heterocycles. The second kappa shape index (κ2) is 10.9. The molecular weight excluding hydrogens is 631 g/mol. The Morgan fingerprint density at radius 1 is 1.26 bits per heavy atom. The Balaban J connectivity index is 1.44. The number of nitrogens with zero attached hydrogens (tertiary/aromatic N) is 4. The molecular formula is C31H25F5N6O5. The van der Waals surface area contributed by atoms with E-state index in [4.69, 9.17) is 15.2 Å². The van der Waals surface area contributed by atoms with E-state index < -0.39 is 76.3 Å². The Hall–Kier alpha value is -5.30. The molecule has 2 atom stereocenters. The van der Waals surface area contributed by atoms with Gasteiger partial charge in [0.2, 0.25) is 11.5 Å². The van der Waals surface area contributed by atoms with Crippen molar-refractivity contribution < 1.29 is 46.1 Å². The molecule has 2 aliphatic rings. The number of aliphatic hydroxyl groups is 1. The molecule has 11 nitrogen and oxygen atoms in total. The van der Waals surface area contributed by atoms with Crippen LogP contribution in [0.2, 0.25) is 0 Å². The Morgan fingerprint density at radius 2 is 1.98 bits per heavy atom. The number of ether oxygens (including phenoxy) is 2. The zero-order valence-electron chi connectivity index (χ0n) is 24.7. The van der Waals surface area contributed by atoms with Crippen LogP contribution < -0.4 is 20.5 Å². The van der Waals surface area contributed by atoms with Gasteiger partial charge in [-0.2, -0.15) is 23.5 Å². The van der Waals surface area contributed by atoms with Crippen molar-refractivity contribution in [3.8, 4) is 28.8 Å². The summed E-state index contributed by atoms with van der Waals surface area (Å²) < 4.78 is 86.5. The summed E-state index contributed by atoms with van der Waals surface area (Å²) in [6.07, 6.45) is -1.96. The molecule has 1 aliphatic carbocycles. The summed E-state index contributed by atoms with van der Waals surface area (Å²) in [5, 5.41) is 27.6. The molecule has 4 aromatic rings. The summed E-state index contributed by atoms with van der Waals surface area (Å²) in [5.41, 5.74) is -3.55. The molecule has 0 radical (unpaired) electrons. The van der Waals surface area contributed by atoms with Crippen LogP contribution in [0.1, 0.15) is 53.0 Å². The summed E-state index contributed by atoms with van der Waals surface area (Å²) in [7, 11) is 1.35. The number of fused-ring (bicyclic) bond motifs is 2. The highest BCUT2D eigenvalue weighted by Crippen LogP contribution is 2.48. The third-order valence-corrected chi connectivity index (χ3v) is 8.47. The number of benzene rings is 2. The topological polar surface area (TPSA) is 165 Å². The van der Waals surface area contributed by atoms with Crippen molar-refractivity contribution in [3.63, 3.8) is 0 Å². The van der Waals surface area contributed by atoms with Crippen LogP contribution in [-0.2, 0) is 15.8 Å². The van der Waals surface area contributed by atoms with Crippen molar-refractivity contribution in [2.75, 3.05) is 20.3 Å². The fourth-order valence-electron chi connectivity index (χ4n) is 5.40. The first-order valence-corrected chi connectivity index (χ1v) is 14.1. The van der Waals surface area contributed by atoms with E-state index >= 15 is 4.39 Å². The van der Waals surface area contributed by atoms with Gasteiger partial charge in [-0.25, -0.2) is 13.8 Å². The fraction of sp³-hybridized carbons (Fsp3) is 0.323. The Labute approximate surface area is 262 Å². The van der Waals surface area contributed by atoms with Crippen molar-refractivity contribution in [2.45, 2.75) is 43.0 Å². The highest BCUT2D eigenvalue weighted by Gasteiger charge is 2.58. The van der Waals surface area contributed by atoms with Crippen LogP contribution in [0.25, 0.3) is 22.2 Å². The number of primary amides is 1. The number of halogens is 5. The van der Waals surface area contributed by atoms with Gasteiger partial charge in [-0.3, -0.25) is 14.3 Å². The number of amides is 2. The van der Waals surface area contributed by atoms with Crippen LogP contribution in [0.4, 0.5) is 22.0 Å². The number of pyridine rings is 1. The van der Waals surface area contributed by atoms with Crippen LogP contribution in [-0.4, -0.2) is 58.1 Å². The van der Waals surface area contributed by atoms with Crippen LogP contribution in [0.5, 0.6) is 11.5 Å². The minimum atomic E-state index is -5.51. The Kier molecular flexibility index (Phi) is 7.35. The van der Waals surface area contributed by atoms with Gasteiger partial charge in [-0.1, -0.05) is 0 Å². The molecule has 0 bridgehead atoms. The molecule has 0 saturated heterocycles. The molecule has 6 rings (SSSR count). The molecule has 1 saturated carbocycles. The van der Waals surface area contributed by atoms with Crippen molar-refractivity contribution in [2.24, 2.45) is 5.73 Å². The van der Waals surface area contributed by atoms with Crippen molar-refractivity contribution in [3.05, 3.63) is 70.5 Å². The maximum atomic E-state index is 15.4. The van der Waals surface area contributed by atoms with Crippen molar-refractivity contribution in [1.82, 2.24) is 20.1 Å². The molecule has 1 aliphatic heterocycles. The van der Waals surface area contributed by atoms with E-state index in [0.717, 1.165) is 25.0 Å². The molecule has 2 amide bonds. The predicted octanol–water partition coefficient (Wildman–Crippen LogP) is 3.91. The SMILES string of the molecule is COc1cc(C(=O)NCC(O)(c2cc3c(c(-c4ccc(F)c(C#N)c4F)n2)OC[C@]3(C)C(N)=O)C(F)(F)F)cc2cn(C3CC3)nc12. The molecule has 0 spiro atoms. The van der Waals surface area contributed by atoms with Gasteiger partial charge in [-0.05, 0) is 50.1 Å². The lowest BCUT2D eigenvalue weighted by atomic mass is 9.81. The lowest BCUT2D eigenvalue weighted by Gasteiger charge is -2.31. The average molecular weight is 657 g/mol. The lowest BCUT2D eigenvalue weighted by molar-refractivity contribution is -0.265. The summed E-state index contributed by atoms with van der Waals surface area (Å²) in [4.78, 5) is 29.6. The molecule has 2 aromatic carbocycles. The molecule has 2 aromatic heterocycles. The summed E-state index contributed by atoms with van der Waals surface area (Å²) in [6, 6.07) is 6.51. The smallest absolute Gasteiger partial charge is 0.424 e. The number of carbonyl (C=O) groups is 2. The molecule has 4 N–H and O–H groups in total. The predicted molar refractivity (Wildman–Crippen MR) is 153 cm³/mol. The van der Waals surface area contributed by atoms with Gasteiger partial charge >= 0.3 is 6.18 Å². The number of carbonyl (C=O) groups excluding carboxylic acids is 2. The van der Waals surface area contributed by atoms with E-state index in [2.05, 4.69) is 15.4 Å². The molecule has 1 unspecified atom stereocenters. The number of nitrogens with two attached hydrogens (primary N) is 1. The van der Waals surface area contributed by atoms with E-state index in [0.29, 0.717) is 17.0 Å². The second-order valence-electron chi connectivity index (χ2n) is 11.6. The van der Waals surface area contributed by atoms with Gasteiger partial charge in [0.25, 0.3) is 5.91 Å². The number of rotatable bonds is 8. The normalized spacial score (nSPS) is 18.6. The maximum absolute atomic E-state index is 15.4. The first kappa shape index (κ1) is 31.7. The third-order valence-electron chi connectivity index (χ3n) is 8.47. The lowest BCUT2D eigenvalue weighted by Crippen LogP contribution is -2.51. The second-order valence-corrected chi connectivity index (χ2v) is 11.6. The van der Waals surface area contributed by atoms with Gasteiger partial charge in [0.15, 0.2) is 5.82 Å². The van der Waals surface area contributed by atoms with Crippen LogP contribution >= 0.6 is 0 Å². The van der Waals surface area contributed by atoms with Gasteiger partial charge < -0.3 is 25.6 Å². The van der Waals surface area contributed by atoms with Crippen LogP contribution in [0.3, 0.4) is 0 Å². The first-order chi connectivity index (χ1) is 22.1. The molecule has 244 valence electrons. The van der Waals surface area contributed by atoms with E-state index in [9.17, 15) is 37.5 Å². The number of nitriles is 1. The van der Waals surface area contributed by atoms with Crippen LogP contribution in [0.15, 0.2) is 36.5 Å². The Bertz CT molecular complexity index is 2020. The standard InChI is InChI=1S/C31H25F5N6O5/c1-29(28(38)44)13-47-26-19(29)9-22(40-25(26)17-5-6-20(32)18(10-37)23(17)33)30(45,31(34,35)36)12-39-27(43)14-7-15-11-42(16-3-4-16)41-24(15)21(8-14)46-2/h5-9,11,16,45H,3-4,12-13H2,1-2H3,(H2,38,44)(H,39,43)/t29-,30?/m0/s1. The quantitative estimate of drug-likeness (QED) is 0.240. The maximum Gasteiger partial charge on any atom is 0.424 e. The van der Waals surface area contributed by atoms with E-state index in [1.807, 2.05) is 0 Å². The van der Waals surface area contributed by atoms with Crippen LogP contribution in [0, 0.1) is 23.0 Å². The minimum absolute atomic E-state index is 0.0936. The number of aromatic nitrogens is 3. The van der Waals surface area contributed by atoms with Crippen molar-refractivity contribution in [1.29, 1.82) is 5.26 Å². The minimum Gasteiger partial charge on any atom is -0.494 e. The molecule has 47 heavy (non-hydrogen) atoms. The summed E-state index contributed by atoms with van der Waals surface area (Å²) in [5.74, 6) is -4.89. The number of hydrogen-bond acceptors (Lipinski definition) is 8. The first-order valence-electron chi connectivity index (χ1n) is 14.1. The third kappa shape index (κ3) is 5.07. The van der Waals surface area contributed by atoms with Gasteiger partial charge in [-0.15, -0.1) is 0 Å². The van der Waals surface area contributed by atoms with E-state index in [1.165, 1.54) is 32.2 Å². The van der Waals surface area contributed by atoms with Gasteiger partial charge in [0.1, 0.15) is 52.2 Å². The highest BCUT2D eigenvalue weighted by atomic mass is 19.4. The van der Waals surface area contributed by atoms with Gasteiger partial charge in [0, 0.05) is 28.3 Å². The highest BCUT2D eigenvalue weighted by molar-refractivity contribution is 6.00. The van der Waals surface area contributed by atoms with Crippen molar-refractivity contribution >= 4 is 22.7 Å². The zero-order valence-corrected chi connectivity index (χ0v) is 24.7. The average Bonchev–Trinajstić information content (AvgIpc) is 3.69. The fourth-order valence-corrected chi connectivity index (χ4v) is 5.40. The summed E-state index contributed by atoms with van der Waals surface area (Å²) in [6.45, 7) is -0.696. The van der Waals surface area contributed by atoms with E-state index in [-0.39, 0.29) is 28.7 Å². The molecule has 1 fully saturated rings. The van der Waals surface area contributed by atoms with Gasteiger partial charge in [0.05, 0.1) is 25.4 Å². The number of methoxy groups -OCH3 is 1. The Morgan fingerprint density at radius 3 is 2.60 bits per heavy atom. The molecule has 16 heteroatoms. The summed E-state index contributed by atoms with van der Waals surface area (Å²) >= 11 is 0. The largest absolute Gasteiger partial charge is 0.494 e. The monoisotopic (exact) mass is 656 g/mol. The van der Waals surface area contributed by atoms with E-state index in [1.54, 1.807) is 10.9 Å². The number of hydrogen-bond donors (Lipinski definition) is 3. The number of nitrogens with one attached hydrogen (secondary N) is 1. The number of alkyl halides is 3. The zero-order chi connectivity index (χ0) is 34.1.